The molecule has 1 aliphatic heterocycles. The number of anilines is 1. The molecule has 19 heavy (non-hydrogen) atoms. The molecule has 2 N–H and O–H groups in total. The molecule has 2 heterocycles. The van der Waals surface area contributed by atoms with E-state index < -0.39 is 0 Å². The van der Waals surface area contributed by atoms with Gasteiger partial charge in [0, 0.05) is 38.1 Å². The Labute approximate surface area is 118 Å². The Bertz CT molecular complexity index is 432. The standard InChI is InChI=1S/C13H19ClN4O/c1-15-13(19)9-18-6-3-10(4-7-18)17-11-2-5-16-12(14)8-11/h2,5,8,10H,3-4,6-7,9H2,1H3,(H,15,19)(H,16,17). The van der Waals surface area contributed by atoms with Gasteiger partial charge in [0.15, 0.2) is 0 Å². The second kappa shape index (κ2) is 6.73. The molecule has 1 aromatic heterocycles. The van der Waals surface area contributed by atoms with E-state index >= 15 is 0 Å². The van der Waals surface area contributed by atoms with Gasteiger partial charge >= 0.3 is 0 Å². The van der Waals surface area contributed by atoms with Crippen molar-refractivity contribution in [3.05, 3.63) is 23.5 Å². The van der Waals surface area contributed by atoms with Crippen molar-refractivity contribution >= 4 is 23.2 Å². The molecule has 0 radical (unpaired) electrons. The van der Waals surface area contributed by atoms with E-state index in [-0.39, 0.29) is 5.91 Å². The number of rotatable bonds is 4. The van der Waals surface area contributed by atoms with E-state index in [2.05, 4.69) is 20.5 Å². The van der Waals surface area contributed by atoms with E-state index in [1.54, 1.807) is 13.2 Å². The number of aromatic nitrogens is 1. The molecular formula is C13H19ClN4O. The summed E-state index contributed by atoms with van der Waals surface area (Å²) in [6.45, 7) is 2.36. The van der Waals surface area contributed by atoms with Gasteiger partial charge in [0.1, 0.15) is 5.15 Å². The maximum absolute atomic E-state index is 11.3. The average Bonchev–Trinajstić information content (AvgIpc) is 2.41. The van der Waals surface area contributed by atoms with Gasteiger partial charge in [-0.3, -0.25) is 9.69 Å². The molecule has 0 spiro atoms. The third-order valence-corrected chi connectivity index (χ3v) is 3.54. The normalized spacial score (nSPS) is 17.2. The summed E-state index contributed by atoms with van der Waals surface area (Å²) in [6.07, 6.45) is 3.75. The van der Waals surface area contributed by atoms with E-state index in [1.807, 2.05) is 12.1 Å². The number of nitrogens with one attached hydrogen (secondary N) is 2. The number of likely N-dealkylation sites (tertiary alicyclic amines) is 1. The van der Waals surface area contributed by atoms with Crippen LogP contribution >= 0.6 is 11.6 Å². The fourth-order valence-corrected chi connectivity index (χ4v) is 2.42. The molecule has 0 bridgehead atoms. The molecule has 104 valence electrons. The van der Waals surface area contributed by atoms with Gasteiger partial charge < -0.3 is 10.6 Å². The lowest BCUT2D eigenvalue weighted by Gasteiger charge is -2.32. The van der Waals surface area contributed by atoms with Crippen molar-refractivity contribution in [2.45, 2.75) is 18.9 Å². The summed E-state index contributed by atoms with van der Waals surface area (Å²) in [6, 6.07) is 4.18. The highest BCUT2D eigenvalue weighted by molar-refractivity contribution is 6.29. The van der Waals surface area contributed by atoms with Crippen LogP contribution in [0.15, 0.2) is 18.3 Å². The van der Waals surface area contributed by atoms with Crippen LogP contribution in [0.5, 0.6) is 0 Å². The molecule has 0 saturated carbocycles. The molecule has 0 aliphatic carbocycles. The van der Waals surface area contributed by atoms with Crippen LogP contribution in [0.4, 0.5) is 5.69 Å². The number of likely N-dealkylation sites (N-methyl/N-ethyl adjacent to an activating group) is 1. The number of hydrogen-bond acceptors (Lipinski definition) is 4. The van der Waals surface area contributed by atoms with Crippen molar-refractivity contribution in [3.63, 3.8) is 0 Å². The van der Waals surface area contributed by atoms with E-state index in [0.717, 1.165) is 31.6 Å². The molecular weight excluding hydrogens is 264 g/mol. The number of halogens is 1. The highest BCUT2D eigenvalue weighted by Gasteiger charge is 2.20. The molecule has 1 saturated heterocycles. The Morgan fingerprint density at radius 3 is 2.89 bits per heavy atom. The van der Waals surface area contributed by atoms with Crippen molar-refractivity contribution in [2.75, 3.05) is 32.0 Å². The Balaban J connectivity index is 1.79. The van der Waals surface area contributed by atoms with Gasteiger partial charge in [0.2, 0.25) is 5.91 Å². The largest absolute Gasteiger partial charge is 0.382 e. The number of hydrogen-bond donors (Lipinski definition) is 2. The molecule has 6 heteroatoms. The topological polar surface area (TPSA) is 57.3 Å². The lowest BCUT2D eigenvalue weighted by Crippen LogP contribution is -2.43. The first-order chi connectivity index (χ1) is 9.17. The van der Waals surface area contributed by atoms with E-state index in [4.69, 9.17) is 11.6 Å². The third-order valence-electron chi connectivity index (χ3n) is 3.33. The predicted molar refractivity (Wildman–Crippen MR) is 76.4 cm³/mol. The summed E-state index contributed by atoms with van der Waals surface area (Å²) < 4.78 is 0. The first-order valence-corrected chi connectivity index (χ1v) is 6.86. The monoisotopic (exact) mass is 282 g/mol. The zero-order valence-corrected chi connectivity index (χ0v) is 11.8. The molecule has 0 atom stereocenters. The summed E-state index contributed by atoms with van der Waals surface area (Å²) in [5.41, 5.74) is 1.00. The van der Waals surface area contributed by atoms with Crippen LogP contribution in [0, 0.1) is 0 Å². The van der Waals surface area contributed by atoms with Crippen molar-refractivity contribution in [2.24, 2.45) is 0 Å². The highest BCUT2D eigenvalue weighted by atomic mass is 35.5. The molecule has 2 rings (SSSR count). The molecule has 0 unspecified atom stereocenters. The first-order valence-electron chi connectivity index (χ1n) is 6.48. The van der Waals surface area contributed by atoms with Crippen LogP contribution in [-0.2, 0) is 4.79 Å². The zero-order valence-electron chi connectivity index (χ0n) is 11.0. The van der Waals surface area contributed by atoms with Crippen LogP contribution in [0.25, 0.3) is 0 Å². The Kier molecular flexibility index (Phi) is 4.99. The van der Waals surface area contributed by atoms with Crippen molar-refractivity contribution in [3.8, 4) is 0 Å². The van der Waals surface area contributed by atoms with Gasteiger partial charge in [0.25, 0.3) is 0 Å². The SMILES string of the molecule is CNC(=O)CN1CCC(Nc2ccnc(Cl)c2)CC1. The summed E-state index contributed by atoms with van der Waals surface area (Å²) in [4.78, 5) is 17.4. The number of piperidine rings is 1. The minimum atomic E-state index is 0.0762. The molecule has 1 aromatic rings. The molecule has 1 fully saturated rings. The van der Waals surface area contributed by atoms with Gasteiger partial charge in [0.05, 0.1) is 6.54 Å². The summed E-state index contributed by atoms with van der Waals surface area (Å²) in [5.74, 6) is 0.0762. The van der Waals surface area contributed by atoms with Crippen molar-refractivity contribution < 1.29 is 4.79 Å². The van der Waals surface area contributed by atoms with Crippen LogP contribution in [-0.4, -0.2) is 48.5 Å². The number of carbonyl (C=O) groups is 1. The lowest BCUT2D eigenvalue weighted by molar-refractivity contribution is -0.122. The number of pyridine rings is 1. The number of carbonyl (C=O) groups excluding carboxylic acids is 1. The Morgan fingerprint density at radius 1 is 1.53 bits per heavy atom. The van der Waals surface area contributed by atoms with Gasteiger partial charge in [-0.1, -0.05) is 11.6 Å². The fourth-order valence-electron chi connectivity index (χ4n) is 2.25. The van der Waals surface area contributed by atoms with Gasteiger partial charge in [-0.25, -0.2) is 4.98 Å². The van der Waals surface area contributed by atoms with Gasteiger partial charge in [-0.15, -0.1) is 0 Å². The van der Waals surface area contributed by atoms with Crippen LogP contribution in [0.3, 0.4) is 0 Å². The van der Waals surface area contributed by atoms with Crippen molar-refractivity contribution in [1.82, 2.24) is 15.2 Å². The van der Waals surface area contributed by atoms with Crippen LogP contribution in [0.2, 0.25) is 5.15 Å². The van der Waals surface area contributed by atoms with Gasteiger partial charge in [-0.2, -0.15) is 0 Å². The molecule has 5 nitrogen and oxygen atoms in total. The minimum absolute atomic E-state index is 0.0762. The zero-order chi connectivity index (χ0) is 13.7. The summed E-state index contributed by atoms with van der Waals surface area (Å²) >= 11 is 5.86. The number of nitrogens with zero attached hydrogens (tertiary/aromatic N) is 2. The summed E-state index contributed by atoms with van der Waals surface area (Å²) in [7, 11) is 1.67. The number of amides is 1. The highest BCUT2D eigenvalue weighted by Crippen LogP contribution is 2.18. The smallest absolute Gasteiger partial charge is 0.233 e. The maximum atomic E-state index is 11.3. The van der Waals surface area contributed by atoms with Crippen LogP contribution < -0.4 is 10.6 Å². The summed E-state index contributed by atoms with van der Waals surface area (Å²) in [5, 5.41) is 6.61. The molecule has 0 aromatic carbocycles. The van der Waals surface area contributed by atoms with Crippen LogP contribution in [0.1, 0.15) is 12.8 Å². The quantitative estimate of drug-likeness (QED) is 0.819. The second-order valence-corrected chi connectivity index (χ2v) is 5.12. The average molecular weight is 283 g/mol. The maximum Gasteiger partial charge on any atom is 0.233 e. The fraction of sp³-hybridized carbons (Fsp3) is 0.538. The van der Waals surface area contributed by atoms with E-state index in [0.29, 0.717) is 17.7 Å². The third kappa shape index (κ3) is 4.36. The van der Waals surface area contributed by atoms with E-state index in [9.17, 15) is 4.79 Å². The van der Waals surface area contributed by atoms with Crippen molar-refractivity contribution in [1.29, 1.82) is 0 Å². The Hall–Kier alpha value is -1.33. The predicted octanol–water partition coefficient (Wildman–Crippen LogP) is 1.36. The Morgan fingerprint density at radius 2 is 2.26 bits per heavy atom. The van der Waals surface area contributed by atoms with E-state index in [1.165, 1.54) is 0 Å². The first kappa shape index (κ1) is 14.1. The molecule has 1 amide bonds. The molecule has 1 aliphatic rings. The lowest BCUT2D eigenvalue weighted by atomic mass is 10.0. The second-order valence-electron chi connectivity index (χ2n) is 4.74. The minimum Gasteiger partial charge on any atom is -0.382 e. The van der Waals surface area contributed by atoms with Gasteiger partial charge in [-0.05, 0) is 25.0 Å².